The van der Waals surface area contributed by atoms with E-state index < -0.39 is 0 Å². The van der Waals surface area contributed by atoms with Crippen LogP contribution in [-0.4, -0.2) is 14.1 Å². The highest BCUT2D eigenvalue weighted by atomic mass is 15.1. The number of rotatable bonds is 1. The SMILES string of the molecule is Cc1ccc(N(C)C)c2c1CCC2N. The molecule has 0 saturated heterocycles. The second-order valence-electron chi connectivity index (χ2n) is 4.33. The fraction of sp³-hybridized carbons (Fsp3) is 0.500. The summed E-state index contributed by atoms with van der Waals surface area (Å²) in [4.78, 5) is 2.16. The van der Waals surface area contributed by atoms with Crippen molar-refractivity contribution in [1.29, 1.82) is 0 Å². The van der Waals surface area contributed by atoms with Crippen molar-refractivity contribution in [3.05, 3.63) is 28.8 Å². The first-order valence-electron chi connectivity index (χ1n) is 5.16. The van der Waals surface area contributed by atoms with E-state index in [-0.39, 0.29) is 6.04 Å². The van der Waals surface area contributed by atoms with Crippen molar-refractivity contribution in [1.82, 2.24) is 0 Å². The van der Waals surface area contributed by atoms with Crippen LogP contribution in [0.3, 0.4) is 0 Å². The topological polar surface area (TPSA) is 29.3 Å². The number of anilines is 1. The van der Waals surface area contributed by atoms with Crippen LogP contribution >= 0.6 is 0 Å². The standard InChI is InChI=1S/C12H18N2/c1-8-4-7-11(14(2)3)12-9(8)5-6-10(12)13/h4,7,10H,5-6,13H2,1-3H3. The number of fused-ring (bicyclic) bond motifs is 1. The summed E-state index contributed by atoms with van der Waals surface area (Å²) in [6.45, 7) is 2.18. The van der Waals surface area contributed by atoms with Crippen LogP contribution in [-0.2, 0) is 6.42 Å². The lowest BCUT2D eigenvalue weighted by atomic mass is 10.0. The minimum atomic E-state index is 0.238. The number of hydrogen-bond acceptors (Lipinski definition) is 2. The van der Waals surface area contributed by atoms with Gasteiger partial charge >= 0.3 is 0 Å². The summed E-state index contributed by atoms with van der Waals surface area (Å²) in [7, 11) is 4.16. The first-order chi connectivity index (χ1) is 6.61. The molecule has 1 atom stereocenters. The fourth-order valence-electron chi connectivity index (χ4n) is 2.34. The van der Waals surface area contributed by atoms with E-state index in [1.165, 1.54) is 22.4 Å². The third kappa shape index (κ3) is 1.30. The molecule has 0 saturated carbocycles. The monoisotopic (exact) mass is 190 g/mol. The number of hydrogen-bond donors (Lipinski definition) is 1. The molecular weight excluding hydrogens is 172 g/mol. The summed E-state index contributed by atoms with van der Waals surface area (Å²) in [5, 5.41) is 0. The highest BCUT2D eigenvalue weighted by molar-refractivity contribution is 5.61. The van der Waals surface area contributed by atoms with Crippen LogP contribution in [0.2, 0.25) is 0 Å². The van der Waals surface area contributed by atoms with Crippen molar-refractivity contribution in [2.45, 2.75) is 25.8 Å². The second-order valence-corrected chi connectivity index (χ2v) is 4.33. The Hall–Kier alpha value is -1.02. The van der Waals surface area contributed by atoms with Gasteiger partial charge in [-0.05, 0) is 42.5 Å². The van der Waals surface area contributed by atoms with Gasteiger partial charge in [0.25, 0.3) is 0 Å². The van der Waals surface area contributed by atoms with Gasteiger partial charge in [0.05, 0.1) is 0 Å². The summed E-state index contributed by atoms with van der Waals surface area (Å²) in [5.74, 6) is 0. The van der Waals surface area contributed by atoms with Crippen LogP contribution in [0.15, 0.2) is 12.1 Å². The Labute approximate surface area is 85.7 Å². The minimum absolute atomic E-state index is 0.238. The molecule has 2 N–H and O–H groups in total. The zero-order chi connectivity index (χ0) is 10.3. The van der Waals surface area contributed by atoms with E-state index in [1.807, 2.05) is 0 Å². The van der Waals surface area contributed by atoms with Crippen LogP contribution in [0.5, 0.6) is 0 Å². The molecule has 0 heterocycles. The van der Waals surface area contributed by atoms with Gasteiger partial charge in [-0.2, -0.15) is 0 Å². The first kappa shape index (κ1) is 9.53. The molecule has 1 unspecified atom stereocenters. The lowest BCUT2D eigenvalue weighted by molar-refractivity contribution is 0.712. The second kappa shape index (κ2) is 3.28. The van der Waals surface area contributed by atoms with E-state index >= 15 is 0 Å². The Morgan fingerprint density at radius 1 is 1.36 bits per heavy atom. The summed E-state index contributed by atoms with van der Waals surface area (Å²) < 4.78 is 0. The van der Waals surface area contributed by atoms with Gasteiger partial charge in [-0.15, -0.1) is 0 Å². The normalized spacial score (nSPS) is 19.6. The zero-order valence-electron chi connectivity index (χ0n) is 9.17. The van der Waals surface area contributed by atoms with E-state index in [1.54, 1.807) is 0 Å². The third-order valence-electron chi connectivity index (χ3n) is 3.13. The zero-order valence-corrected chi connectivity index (χ0v) is 9.17. The van der Waals surface area contributed by atoms with Gasteiger partial charge in [-0.25, -0.2) is 0 Å². The highest BCUT2D eigenvalue weighted by Gasteiger charge is 2.24. The molecule has 76 valence electrons. The predicted molar refractivity (Wildman–Crippen MR) is 60.8 cm³/mol. The lowest BCUT2D eigenvalue weighted by Gasteiger charge is -2.20. The van der Waals surface area contributed by atoms with Gasteiger partial charge in [-0.1, -0.05) is 6.07 Å². The Morgan fingerprint density at radius 3 is 2.71 bits per heavy atom. The maximum absolute atomic E-state index is 6.13. The Bertz CT molecular complexity index is 356. The molecule has 0 spiro atoms. The molecule has 0 aliphatic heterocycles. The average Bonchev–Trinajstić information content (AvgIpc) is 2.50. The number of benzene rings is 1. The van der Waals surface area contributed by atoms with Crippen LogP contribution in [0.1, 0.15) is 29.2 Å². The van der Waals surface area contributed by atoms with Crippen molar-refractivity contribution in [3.8, 4) is 0 Å². The van der Waals surface area contributed by atoms with Crippen molar-refractivity contribution in [3.63, 3.8) is 0 Å². The lowest BCUT2D eigenvalue weighted by Crippen LogP contribution is -2.15. The van der Waals surface area contributed by atoms with Crippen molar-refractivity contribution >= 4 is 5.69 Å². The quantitative estimate of drug-likeness (QED) is 0.734. The van der Waals surface area contributed by atoms with Crippen LogP contribution in [0.4, 0.5) is 5.69 Å². The van der Waals surface area contributed by atoms with Crippen LogP contribution < -0.4 is 10.6 Å². The molecule has 0 fully saturated rings. The number of nitrogens with zero attached hydrogens (tertiary/aromatic N) is 1. The highest BCUT2D eigenvalue weighted by Crippen LogP contribution is 2.37. The smallest absolute Gasteiger partial charge is 0.0412 e. The van der Waals surface area contributed by atoms with Gasteiger partial charge in [0, 0.05) is 25.8 Å². The molecule has 2 rings (SSSR count). The Kier molecular flexibility index (Phi) is 2.23. The number of aryl methyl sites for hydroxylation is 1. The first-order valence-corrected chi connectivity index (χ1v) is 5.16. The summed E-state index contributed by atoms with van der Waals surface area (Å²) in [6, 6.07) is 4.62. The maximum atomic E-state index is 6.13. The summed E-state index contributed by atoms with van der Waals surface area (Å²) in [6.07, 6.45) is 2.24. The van der Waals surface area contributed by atoms with Crippen molar-refractivity contribution in [2.75, 3.05) is 19.0 Å². The van der Waals surface area contributed by atoms with Gasteiger partial charge in [-0.3, -0.25) is 0 Å². The molecule has 1 aromatic rings. The van der Waals surface area contributed by atoms with Crippen molar-refractivity contribution in [2.24, 2.45) is 5.73 Å². The van der Waals surface area contributed by atoms with Crippen LogP contribution in [0, 0.1) is 6.92 Å². The molecule has 2 heteroatoms. The van der Waals surface area contributed by atoms with Crippen molar-refractivity contribution < 1.29 is 0 Å². The van der Waals surface area contributed by atoms with E-state index in [0.717, 1.165) is 12.8 Å². The van der Waals surface area contributed by atoms with E-state index in [4.69, 9.17) is 5.73 Å². The van der Waals surface area contributed by atoms with E-state index in [9.17, 15) is 0 Å². The van der Waals surface area contributed by atoms with Gasteiger partial charge in [0.2, 0.25) is 0 Å². The maximum Gasteiger partial charge on any atom is 0.0412 e. The minimum Gasteiger partial charge on any atom is -0.377 e. The molecule has 14 heavy (non-hydrogen) atoms. The van der Waals surface area contributed by atoms with Crippen LogP contribution in [0.25, 0.3) is 0 Å². The molecule has 1 aliphatic rings. The predicted octanol–water partition coefficient (Wildman–Crippen LogP) is 2.01. The molecule has 0 bridgehead atoms. The van der Waals surface area contributed by atoms with Gasteiger partial charge < -0.3 is 10.6 Å². The largest absolute Gasteiger partial charge is 0.377 e. The van der Waals surface area contributed by atoms with Gasteiger partial charge in [0.15, 0.2) is 0 Å². The summed E-state index contributed by atoms with van der Waals surface area (Å²) >= 11 is 0. The Balaban J connectivity index is 2.60. The number of nitrogens with two attached hydrogens (primary N) is 1. The summed E-state index contributed by atoms with van der Waals surface area (Å²) in [5.41, 5.74) is 11.6. The molecular formula is C12H18N2. The molecule has 1 aromatic carbocycles. The Morgan fingerprint density at radius 2 is 2.07 bits per heavy atom. The average molecular weight is 190 g/mol. The molecule has 1 aliphatic carbocycles. The fourth-order valence-corrected chi connectivity index (χ4v) is 2.34. The molecule has 0 aromatic heterocycles. The molecule has 0 radical (unpaired) electrons. The van der Waals surface area contributed by atoms with E-state index in [0.29, 0.717) is 0 Å². The van der Waals surface area contributed by atoms with E-state index in [2.05, 4.69) is 38.1 Å². The third-order valence-corrected chi connectivity index (χ3v) is 3.13. The van der Waals surface area contributed by atoms with Gasteiger partial charge in [0.1, 0.15) is 0 Å². The molecule has 0 amide bonds. The molecule has 2 nitrogen and oxygen atoms in total.